The molecule has 0 saturated carbocycles. The van der Waals surface area contributed by atoms with Crippen molar-refractivity contribution >= 4 is 13.3 Å². The molecule has 1 rings (SSSR count). The van der Waals surface area contributed by atoms with Crippen LogP contribution in [-0.4, -0.2) is 8.07 Å². The van der Waals surface area contributed by atoms with Gasteiger partial charge in [-0.1, -0.05) is 85.7 Å². The third-order valence-electron chi connectivity index (χ3n) is 5.41. The van der Waals surface area contributed by atoms with Crippen LogP contribution in [0.2, 0.25) is 16.6 Å². The molecule has 0 heterocycles. The molecule has 0 aliphatic heterocycles. The maximum atomic E-state index is 2.56. The molecule has 0 unspecified atom stereocenters. The second-order valence-electron chi connectivity index (χ2n) is 8.68. The summed E-state index contributed by atoms with van der Waals surface area (Å²) in [5.41, 5.74) is 5.50. The number of benzene rings is 1. The van der Waals surface area contributed by atoms with Crippen LogP contribution in [0.25, 0.3) is 0 Å². The molecule has 1 aromatic carbocycles. The summed E-state index contributed by atoms with van der Waals surface area (Å²) in [7, 11) is -1.54. The van der Waals surface area contributed by atoms with Crippen LogP contribution in [0.15, 0.2) is 18.2 Å². The summed E-state index contributed by atoms with van der Waals surface area (Å²) < 4.78 is 0. The fourth-order valence-corrected chi connectivity index (χ4v) is 11.5. The minimum Gasteiger partial charge on any atom is -0.0648 e. The van der Waals surface area contributed by atoms with Crippen molar-refractivity contribution in [1.29, 1.82) is 0 Å². The second kappa shape index (κ2) is 6.28. The summed E-state index contributed by atoms with van der Waals surface area (Å²) in [6.45, 7) is 23.9. The molecular weight excluding hydrogens is 268 g/mol. The number of aryl methyl sites for hydroxylation is 1. The lowest BCUT2D eigenvalue weighted by molar-refractivity contribution is 0.586. The lowest BCUT2D eigenvalue weighted by Crippen LogP contribution is -2.55. The molecule has 1 aromatic rings. The average molecular weight is 305 g/mol. The molecule has 21 heavy (non-hydrogen) atoms. The summed E-state index contributed by atoms with van der Waals surface area (Å²) in [5.74, 6) is 0. The fourth-order valence-electron chi connectivity index (χ4n) is 4.70. The summed E-state index contributed by atoms with van der Waals surface area (Å²) >= 11 is 0. The Morgan fingerprint density at radius 3 is 1.57 bits per heavy atom. The van der Waals surface area contributed by atoms with Crippen LogP contribution in [0.5, 0.6) is 0 Å². The van der Waals surface area contributed by atoms with Crippen molar-refractivity contribution in [1.82, 2.24) is 0 Å². The third kappa shape index (κ3) is 3.28. The van der Waals surface area contributed by atoms with Gasteiger partial charge in [0, 0.05) is 0 Å². The highest BCUT2D eigenvalue weighted by Gasteiger charge is 2.44. The standard InChI is InChI=1S/C20H36Si/c1-14(2)21(15(3)4,16(5)6)18-12-11-17(7)19(13-18)20(8,9)10/h11-16H,1-10H3. The van der Waals surface area contributed by atoms with Gasteiger partial charge in [-0.15, -0.1) is 0 Å². The lowest BCUT2D eigenvalue weighted by atomic mass is 9.84. The van der Waals surface area contributed by atoms with Crippen LogP contribution in [0.3, 0.4) is 0 Å². The van der Waals surface area contributed by atoms with E-state index in [9.17, 15) is 0 Å². The lowest BCUT2D eigenvalue weighted by Gasteiger charge is -2.44. The van der Waals surface area contributed by atoms with Gasteiger partial charge in [-0.25, -0.2) is 0 Å². The molecule has 0 nitrogen and oxygen atoms in total. The summed E-state index contributed by atoms with van der Waals surface area (Å²) in [4.78, 5) is 0. The van der Waals surface area contributed by atoms with Crippen LogP contribution in [0.4, 0.5) is 0 Å². The van der Waals surface area contributed by atoms with E-state index in [1.165, 1.54) is 11.1 Å². The van der Waals surface area contributed by atoms with E-state index in [1.807, 2.05) is 0 Å². The predicted molar refractivity (Wildman–Crippen MR) is 101 cm³/mol. The fraction of sp³-hybridized carbons (Fsp3) is 0.700. The second-order valence-corrected chi connectivity index (χ2v) is 14.6. The van der Waals surface area contributed by atoms with Gasteiger partial charge in [-0.3, -0.25) is 0 Å². The van der Waals surface area contributed by atoms with E-state index >= 15 is 0 Å². The first-order chi connectivity index (χ1) is 9.45. The highest BCUT2D eigenvalue weighted by molar-refractivity contribution is 6.95. The van der Waals surface area contributed by atoms with Gasteiger partial charge in [0.25, 0.3) is 0 Å². The smallest absolute Gasteiger partial charge is 0.0648 e. The zero-order valence-corrected chi connectivity index (χ0v) is 17.0. The molecular formula is C20H36Si. The van der Waals surface area contributed by atoms with E-state index in [1.54, 1.807) is 5.19 Å². The number of hydrogen-bond acceptors (Lipinski definition) is 0. The first-order valence-electron chi connectivity index (χ1n) is 8.57. The molecule has 0 aliphatic carbocycles. The highest BCUT2D eigenvalue weighted by Crippen LogP contribution is 2.41. The van der Waals surface area contributed by atoms with Gasteiger partial charge in [0.1, 0.15) is 0 Å². The van der Waals surface area contributed by atoms with Crippen molar-refractivity contribution in [3.05, 3.63) is 29.3 Å². The summed E-state index contributed by atoms with van der Waals surface area (Å²) in [5, 5.41) is 1.66. The Kier molecular flexibility index (Phi) is 5.53. The van der Waals surface area contributed by atoms with E-state index < -0.39 is 8.07 Å². The van der Waals surface area contributed by atoms with Gasteiger partial charge >= 0.3 is 0 Å². The number of hydrogen-bond donors (Lipinski definition) is 0. The first kappa shape index (κ1) is 18.5. The predicted octanol–water partition coefficient (Wildman–Crippen LogP) is 6.18. The van der Waals surface area contributed by atoms with Crippen molar-refractivity contribution in [3.63, 3.8) is 0 Å². The average Bonchev–Trinajstić information content (AvgIpc) is 2.28. The maximum absolute atomic E-state index is 2.56. The zero-order valence-electron chi connectivity index (χ0n) is 16.0. The van der Waals surface area contributed by atoms with Crippen LogP contribution >= 0.6 is 0 Å². The zero-order chi connectivity index (χ0) is 16.6. The largest absolute Gasteiger partial charge is 0.0942 e. The molecule has 0 aliphatic rings. The molecule has 0 saturated heterocycles. The molecule has 0 N–H and O–H groups in total. The molecule has 0 atom stereocenters. The highest BCUT2D eigenvalue weighted by atomic mass is 28.3. The minimum atomic E-state index is -1.54. The van der Waals surface area contributed by atoms with E-state index in [4.69, 9.17) is 0 Å². The van der Waals surface area contributed by atoms with Crippen molar-refractivity contribution in [3.8, 4) is 0 Å². The summed E-state index contributed by atoms with van der Waals surface area (Å²) in [6, 6.07) is 7.36. The molecule has 0 radical (unpaired) electrons. The Hall–Kier alpha value is -0.563. The Balaban J connectivity index is 3.61. The van der Waals surface area contributed by atoms with E-state index in [2.05, 4.69) is 87.4 Å². The Bertz CT molecular complexity index is 453. The van der Waals surface area contributed by atoms with E-state index in [-0.39, 0.29) is 5.41 Å². The normalized spacial score (nSPS) is 13.6. The van der Waals surface area contributed by atoms with Crippen LogP contribution in [-0.2, 0) is 5.41 Å². The van der Waals surface area contributed by atoms with Gasteiger partial charge in [-0.2, -0.15) is 0 Å². The molecule has 0 aromatic heterocycles. The van der Waals surface area contributed by atoms with Crippen LogP contribution in [0, 0.1) is 6.92 Å². The maximum Gasteiger partial charge on any atom is 0.0942 e. The topological polar surface area (TPSA) is 0 Å². The first-order valence-corrected chi connectivity index (χ1v) is 10.8. The summed E-state index contributed by atoms with van der Waals surface area (Å²) in [6.07, 6.45) is 0. The SMILES string of the molecule is Cc1ccc([Si](C(C)C)(C(C)C)C(C)C)cc1C(C)(C)C. The van der Waals surface area contributed by atoms with Crippen LogP contribution < -0.4 is 5.19 Å². The molecule has 1 heteroatoms. The Morgan fingerprint density at radius 1 is 0.810 bits per heavy atom. The van der Waals surface area contributed by atoms with Gasteiger partial charge in [0.05, 0.1) is 8.07 Å². The molecule has 0 fully saturated rings. The Morgan fingerprint density at radius 2 is 1.24 bits per heavy atom. The third-order valence-corrected chi connectivity index (χ3v) is 12.5. The molecule has 0 spiro atoms. The monoisotopic (exact) mass is 304 g/mol. The van der Waals surface area contributed by atoms with Crippen molar-refractivity contribution in [2.24, 2.45) is 0 Å². The molecule has 0 bridgehead atoms. The van der Waals surface area contributed by atoms with E-state index in [0.29, 0.717) is 0 Å². The Labute approximate surface area is 134 Å². The van der Waals surface area contributed by atoms with Gasteiger partial charge in [0.2, 0.25) is 0 Å². The number of rotatable bonds is 4. The minimum absolute atomic E-state index is 0.227. The van der Waals surface area contributed by atoms with Gasteiger partial charge in [0.15, 0.2) is 0 Å². The van der Waals surface area contributed by atoms with Crippen molar-refractivity contribution in [2.45, 2.75) is 91.3 Å². The van der Waals surface area contributed by atoms with Gasteiger partial charge in [-0.05, 0) is 40.1 Å². The molecule has 120 valence electrons. The van der Waals surface area contributed by atoms with Gasteiger partial charge < -0.3 is 0 Å². The van der Waals surface area contributed by atoms with Crippen LogP contribution in [0.1, 0.15) is 73.4 Å². The molecule has 0 amide bonds. The quantitative estimate of drug-likeness (QED) is 0.583. The van der Waals surface area contributed by atoms with Crippen molar-refractivity contribution < 1.29 is 0 Å². The van der Waals surface area contributed by atoms with E-state index in [0.717, 1.165) is 16.6 Å². The van der Waals surface area contributed by atoms with Crippen molar-refractivity contribution in [2.75, 3.05) is 0 Å².